The lowest BCUT2D eigenvalue weighted by Gasteiger charge is -2.27. The van der Waals surface area contributed by atoms with Crippen LogP contribution >= 0.6 is 11.6 Å². The van der Waals surface area contributed by atoms with Crippen molar-refractivity contribution in [2.75, 3.05) is 18.6 Å². The first kappa shape index (κ1) is 23.4. The minimum absolute atomic E-state index is 0.0418. The summed E-state index contributed by atoms with van der Waals surface area (Å²) in [5.74, 6) is -0.840. The predicted molar refractivity (Wildman–Crippen MR) is 132 cm³/mol. The number of rotatable bonds is 6. The van der Waals surface area contributed by atoms with E-state index in [0.29, 0.717) is 39.9 Å². The SMILES string of the molecule is CCOc1cccc(/C(O)=C2\C(=O)C(=O)N(c3ccc(C)c(Cl)c3)C2c2ccccc2OC)c1. The molecule has 1 fully saturated rings. The summed E-state index contributed by atoms with van der Waals surface area (Å²) >= 11 is 6.35. The van der Waals surface area contributed by atoms with E-state index in [2.05, 4.69) is 0 Å². The molecule has 1 saturated heterocycles. The van der Waals surface area contributed by atoms with Crippen LogP contribution in [-0.4, -0.2) is 30.5 Å². The van der Waals surface area contributed by atoms with E-state index in [4.69, 9.17) is 21.1 Å². The molecular weight excluding hydrogens is 454 g/mol. The summed E-state index contributed by atoms with van der Waals surface area (Å²) in [6.07, 6.45) is 0. The second-order valence-corrected chi connectivity index (χ2v) is 8.21. The number of anilines is 1. The Labute approximate surface area is 203 Å². The van der Waals surface area contributed by atoms with Crippen LogP contribution in [0.5, 0.6) is 11.5 Å². The van der Waals surface area contributed by atoms with Gasteiger partial charge in [0.15, 0.2) is 0 Å². The number of aryl methyl sites for hydroxylation is 1. The standard InChI is InChI=1S/C27H24ClNO5/c1-4-34-19-9-7-8-17(14-19)25(30)23-24(20-10-5-6-11-22(20)33-3)29(27(32)26(23)31)18-13-12-16(2)21(28)15-18/h5-15,24,30H,4H2,1-3H3/b25-23+. The molecule has 174 valence electrons. The maximum absolute atomic E-state index is 13.3. The van der Waals surface area contributed by atoms with E-state index in [1.807, 2.05) is 13.8 Å². The van der Waals surface area contributed by atoms with E-state index in [1.165, 1.54) is 12.0 Å². The van der Waals surface area contributed by atoms with Crippen LogP contribution in [0.1, 0.15) is 29.7 Å². The van der Waals surface area contributed by atoms with Gasteiger partial charge < -0.3 is 14.6 Å². The number of Topliss-reactive ketones (excluding diaryl/α,β-unsaturated/α-hetero) is 1. The number of ketones is 1. The molecule has 1 aliphatic rings. The van der Waals surface area contributed by atoms with Gasteiger partial charge in [-0.1, -0.05) is 48.0 Å². The monoisotopic (exact) mass is 477 g/mol. The molecule has 1 heterocycles. The number of ether oxygens (including phenoxy) is 2. The van der Waals surface area contributed by atoms with Gasteiger partial charge in [0.25, 0.3) is 11.7 Å². The quantitative estimate of drug-likeness (QED) is 0.281. The van der Waals surface area contributed by atoms with Crippen LogP contribution in [-0.2, 0) is 9.59 Å². The molecule has 4 rings (SSSR count). The predicted octanol–water partition coefficient (Wildman–Crippen LogP) is 5.68. The van der Waals surface area contributed by atoms with Crippen LogP contribution in [0.25, 0.3) is 5.76 Å². The van der Waals surface area contributed by atoms with E-state index >= 15 is 0 Å². The number of para-hydroxylation sites is 1. The molecule has 0 bridgehead atoms. The molecule has 1 aliphatic heterocycles. The Hall–Kier alpha value is -3.77. The summed E-state index contributed by atoms with van der Waals surface area (Å²) in [4.78, 5) is 28.0. The van der Waals surface area contributed by atoms with Crippen molar-refractivity contribution in [1.29, 1.82) is 0 Å². The summed E-state index contributed by atoms with van der Waals surface area (Å²) in [6, 6.07) is 18.1. The number of carbonyl (C=O) groups is 2. The average molecular weight is 478 g/mol. The molecule has 6 nitrogen and oxygen atoms in total. The largest absolute Gasteiger partial charge is 0.507 e. The second kappa shape index (κ2) is 9.61. The zero-order chi connectivity index (χ0) is 24.4. The van der Waals surface area contributed by atoms with Crippen LogP contribution in [0, 0.1) is 6.92 Å². The fourth-order valence-corrected chi connectivity index (χ4v) is 4.25. The number of methoxy groups -OCH3 is 1. The third-order valence-electron chi connectivity index (χ3n) is 5.73. The first-order chi connectivity index (χ1) is 16.4. The van der Waals surface area contributed by atoms with E-state index in [-0.39, 0.29) is 11.3 Å². The first-order valence-corrected chi connectivity index (χ1v) is 11.2. The molecule has 1 unspecified atom stereocenters. The van der Waals surface area contributed by atoms with Gasteiger partial charge in [-0.25, -0.2) is 0 Å². The van der Waals surface area contributed by atoms with Crippen molar-refractivity contribution in [2.24, 2.45) is 0 Å². The van der Waals surface area contributed by atoms with Gasteiger partial charge in [-0.05, 0) is 49.7 Å². The highest BCUT2D eigenvalue weighted by molar-refractivity contribution is 6.52. The Morgan fingerprint density at radius 1 is 1.06 bits per heavy atom. The van der Waals surface area contributed by atoms with Crippen molar-refractivity contribution in [1.82, 2.24) is 0 Å². The van der Waals surface area contributed by atoms with Crippen molar-refractivity contribution in [3.63, 3.8) is 0 Å². The maximum Gasteiger partial charge on any atom is 0.300 e. The van der Waals surface area contributed by atoms with Crippen molar-refractivity contribution >= 4 is 34.7 Å². The molecule has 0 spiro atoms. The van der Waals surface area contributed by atoms with Crippen molar-refractivity contribution in [3.8, 4) is 11.5 Å². The van der Waals surface area contributed by atoms with Crippen LogP contribution in [0.3, 0.4) is 0 Å². The molecule has 1 amide bonds. The second-order valence-electron chi connectivity index (χ2n) is 7.81. The highest BCUT2D eigenvalue weighted by atomic mass is 35.5. The Morgan fingerprint density at radius 2 is 1.82 bits per heavy atom. The zero-order valence-corrected chi connectivity index (χ0v) is 19.8. The van der Waals surface area contributed by atoms with E-state index in [1.54, 1.807) is 66.7 Å². The van der Waals surface area contributed by atoms with Crippen molar-refractivity contribution in [3.05, 3.63) is 94.0 Å². The summed E-state index contributed by atoms with van der Waals surface area (Å²) in [7, 11) is 1.51. The molecular formula is C27H24ClNO5. The number of carbonyl (C=O) groups excluding carboxylic acids is 2. The minimum Gasteiger partial charge on any atom is -0.507 e. The molecule has 0 radical (unpaired) electrons. The number of aliphatic hydroxyl groups is 1. The van der Waals surface area contributed by atoms with E-state index in [9.17, 15) is 14.7 Å². The van der Waals surface area contributed by atoms with Crippen LogP contribution < -0.4 is 14.4 Å². The van der Waals surface area contributed by atoms with Crippen LogP contribution in [0.2, 0.25) is 5.02 Å². The Morgan fingerprint density at radius 3 is 2.53 bits per heavy atom. The third kappa shape index (κ3) is 4.13. The fourth-order valence-electron chi connectivity index (χ4n) is 4.07. The number of benzene rings is 3. The van der Waals surface area contributed by atoms with Gasteiger partial charge in [-0.3, -0.25) is 14.5 Å². The number of hydrogen-bond acceptors (Lipinski definition) is 5. The summed E-state index contributed by atoms with van der Waals surface area (Å²) in [6.45, 7) is 4.15. The Bertz CT molecular complexity index is 1300. The molecule has 3 aromatic rings. The minimum atomic E-state index is -0.925. The van der Waals surface area contributed by atoms with Gasteiger partial charge in [0.2, 0.25) is 0 Å². The summed E-state index contributed by atoms with van der Waals surface area (Å²) in [5.41, 5.74) is 2.16. The summed E-state index contributed by atoms with van der Waals surface area (Å²) in [5, 5.41) is 11.8. The molecule has 34 heavy (non-hydrogen) atoms. The van der Waals surface area contributed by atoms with E-state index in [0.717, 1.165) is 5.56 Å². The average Bonchev–Trinajstić information content (AvgIpc) is 3.11. The molecule has 7 heteroatoms. The normalized spacial score (nSPS) is 17.2. The van der Waals surface area contributed by atoms with Gasteiger partial charge in [0.1, 0.15) is 17.3 Å². The van der Waals surface area contributed by atoms with Crippen LogP contribution in [0.15, 0.2) is 72.3 Å². The molecule has 0 saturated carbocycles. The highest BCUT2D eigenvalue weighted by Gasteiger charge is 2.48. The van der Waals surface area contributed by atoms with Crippen LogP contribution in [0.4, 0.5) is 5.69 Å². The maximum atomic E-state index is 13.3. The highest BCUT2D eigenvalue weighted by Crippen LogP contribution is 2.45. The first-order valence-electron chi connectivity index (χ1n) is 10.8. The topological polar surface area (TPSA) is 76.1 Å². The number of aliphatic hydroxyl groups excluding tert-OH is 1. The fraction of sp³-hybridized carbons (Fsp3) is 0.185. The van der Waals surface area contributed by atoms with Gasteiger partial charge in [0, 0.05) is 21.8 Å². The molecule has 1 atom stereocenters. The molecule has 1 N–H and O–H groups in total. The van der Waals surface area contributed by atoms with Gasteiger partial charge in [0.05, 0.1) is 25.3 Å². The van der Waals surface area contributed by atoms with Crippen molar-refractivity contribution < 1.29 is 24.2 Å². The summed E-state index contributed by atoms with van der Waals surface area (Å²) < 4.78 is 11.1. The van der Waals surface area contributed by atoms with Gasteiger partial charge in [-0.2, -0.15) is 0 Å². The molecule has 3 aromatic carbocycles. The van der Waals surface area contributed by atoms with Crippen molar-refractivity contribution in [2.45, 2.75) is 19.9 Å². The lowest BCUT2D eigenvalue weighted by Crippen LogP contribution is -2.29. The number of amides is 1. The van der Waals surface area contributed by atoms with Gasteiger partial charge >= 0.3 is 0 Å². The van der Waals surface area contributed by atoms with Gasteiger partial charge in [-0.15, -0.1) is 0 Å². The van der Waals surface area contributed by atoms with E-state index < -0.39 is 17.7 Å². The number of halogens is 1. The third-order valence-corrected chi connectivity index (χ3v) is 6.14. The lowest BCUT2D eigenvalue weighted by atomic mass is 9.94. The molecule has 0 aromatic heterocycles. The smallest absolute Gasteiger partial charge is 0.300 e. The Kier molecular flexibility index (Phi) is 6.61. The number of nitrogens with zero attached hydrogens (tertiary/aromatic N) is 1. The number of hydrogen-bond donors (Lipinski definition) is 1. The zero-order valence-electron chi connectivity index (χ0n) is 19.0. The Balaban J connectivity index is 1.97. The molecule has 0 aliphatic carbocycles. The lowest BCUT2D eigenvalue weighted by molar-refractivity contribution is -0.132.